The van der Waals surface area contributed by atoms with Crippen LogP contribution in [0.25, 0.3) is 17.1 Å². The van der Waals surface area contributed by atoms with Crippen molar-refractivity contribution in [2.24, 2.45) is 5.73 Å². The zero-order valence-corrected chi connectivity index (χ0v) is 13.5. The van der Waals surface area contributed by atoms with E-state index in [4.69, 9.17) is 17.3 Å². The Morgan fingerprint density at radius 1 is 1.17 bits per heavy atom. The molecular formula is C17H17ClN4O. The number of nitrogens with two attached hydrogens (primary N) is 1. The number of halogens is 1. The summed E-state index contributed by atoms with van der Waals surface area (Å²) in [6, 6.07) is 13.2. The Balaban J connectivity index is 2.05. The third kappa shape index (κ3) is 3.06. The highest BCUT2D eigenvalue weighted by atomic mass is 35.5. The van der Waals surface area contributed by atoms with Crippen LogP contribution in [0.15, 0.2) is 47.3 Å². The maximum absolute atomic E-state index is 12.2. The summed E-state index contributed by atoms with van der Waals surface area (Å²) in [5.74, 6) is 0.426. The Morgan fingerprint density at radius 3 is 2.52 bits per heavy atom. The first-order chi connectivity index (χ1) is 11.1. The maximum atomic E-state index is 12.2. The van der Waals surface area contributed by atoms with Crippen molar-refractivity contribution in [3.8, 4) is 17.1 Å². The van der Waals surface area contributed by atoms with Gasteiger partial charge in [-0.15, -0.1) is 5.10 Å². The second kappa shape index (κ2) is 6.40. The van der Waals surface area contributed by atoms with Crippen molar-refractivity contribution in [2.75, 3.05) is 0 Å². The molecule has 3 N–H and O–H groups in total. The Kier molecular flexibility index (Phi) is 4.32. The fraction of sp³-hybridized carbons (Fsp3) is 0.176. The molecule has 0 aliphatic carbocycles. The summed E-state index contributed by atoms with van der Waals surface area (Å²) in [7, 11) is 0. The molecule has 0 atom stereocenters. The van der Waals surface area contributed by atoms with E-state index in [1.807, 2.05) is 36.4 Å². The minimum Gasteiger partial charge on any atom is -0.326 e. The second-order valence-corrected chi connectivity index (χ2v) is 5.64. The van der Waals surface area contributed by atoms with Crippen molar-refractivity contribution in [3.63, 3.8) is 0 Å². The summed E-state index contributed by atoms with van der Waals surface area (Å²) in [6.07, 6.45) is 0.947. The van der Waals surface area contributed by atoms with Crippen LogP contribution in [0.4, 0.5) is 0 Å². The zero-order chi connectivity index (χ0) is 16.4. The Bertz CT molecular complexity index is 880. The van der Waals surface area contributed by atoms with Gasteiger partial charge in [0.05, 0.1) is 10.7 Å². The number of benzene rings is 2. The largest absolute Gasteiger partial charge is 0.348 e. The van der Waals surface area contributed by atoms with E-state index >= 15 is 0 Å². The lowest BCUT2D eigenvalue weighted by Crippen LogP contribution is -2.15. The average molecular weight is 329 g/mol. The SMILES string of the molecule is CCc1ccc(-n2nc(-c3cc(CN)ccc3Cl)[nH]c2=O)cc1. The maximum Gasteiger partial charge on any atom is 0.348 e. The van der Waals surface area contributed by atoms with E-state index < -0.39 is 0 Å². The van der Waals surface area contributed by atoms with Crippen LogP contribution in [0.3, 0.4) is 0 Å². The van der Waals surface area contributed by atoms with Crippen molar-refractivity contribution in [2.45, 2.75) is 19.9 Å². The van der Waals surface area contributed by atoms with Gasteiger partial charge < -0.3 is 5.73 Å². The van der Waals surface area contributed by atoms with E-state index in [-0.39, 0.29) is 5.69 Å². The van der Waals surface area contributed by atoms with Gasteiger partial charge in [-0.1, -0.05) is 36.7 Å². The van der Waals surface area contributed by atoms with Gasteiger partial charge in [-0.25, -0.2) is 4.79 Å². The zero-order valence-electron chi connectivity index (χ0n) is 12.7. The molecule has 0 aliphatic heterocycles. The molecule has 5 nitrogen and oxygen atoms in total. The molecule has 0 radical (unpaired) electrons. The number of H-pyrrole nitrogens is 1. The standard InChI is InChI=1S/C17H17ClN4O/c1-2-11-3-6-13(7-4-11)22-17(23)20-16(21-22)14-9-12(10-19)5-8-15(14)18/h3-9H,2,10,19H2,1H3,(H,20,21,23). The second-order valence-electron chi connectivity index (χ2n) is 5.23. The van der Waals surface area contributed by atoms with Crippen molar-refractivity contribution < 1.29 is 0 Å². The number of aromatic amines is 1. The topological polar surface area (TPSA) is 76.7 Å². The van der Waals surface area contributed by atoms with E-state index in [9.17, 15) is 4.79 Å². The van der Waals surface area contributed by atoms with E-state index in [1.165, 1.54) is 10.2 Å². The van der Waals surface area contributed by atoms with Gasteiger partial charge in [0.1, 0.15) is 0 Å². The quantitative estimate of drug-likeness (QED) is 0.773. The van der Waals surface area contributed by atoms with Crippen molar-refractivity contribution in [3.05, 3.63) is 69.1 Å². The van der Waals surface area contributed by atoms with Crippen molar-refractivity contribution in [1.82, 2.24) is 14.8 Å². The molecule has 3 rings (SSSR count). The first-order valence-electron chi connectivity index (χ1n) is 7.40. The minimum absolute atomic E-state index is 0.307. The van der Waals surface area contributed by atoms with E-state index in [1.54, 1.807) is 6.07 Å². The normalized spacial score (nSPS) is 10.9. The van der Waals surface area contributed by atoms with Crippen LogP contribution in [0.2, 0.25) is 5.02 Å². The lowest BCUT2D eigenvalue weighted by atomic mass is 10.1. The molecule has 0 fully saturated rings. The third-order valence-corrected chi connectivity index (χ3v) is 4.06. The van der Waals surface area contributed by atoms with Gasteiger partial charge in [0.2, 0.25) is 0 Å². The van der Waals surface area contributed by atoms with Crippen molar-refractivity contribution in [1.29, 1.82) is 0 Å². The molecule has 0 spiro atoms. The van der Waals surface area contributed by atoms with Gasteiger partial charge in [-0.3, -0.25) is 4.98 Å². The van der Waals surface area contributed by atoms with Crippen LogP contribution in [-0.4, -0.2) is 14.8 Å². The molecule has 0 bridgehead atoms. The summed E-state index contributed by atoms with van der Waals surface area (Å²) in [5.41, 5.74) is 8.85. The van der Waals surface area contributed by atoms with Gasteiger partial charge in [0.25, 0.3) is 0 Å². The number of nitrogens with zero attached hydrogens (tertiary/aromatic N) is 2. The highest BCUT2D eigenvalue weighted by Gasteiger charge is 2.12. The van der Waals surface area contributed by atoms with Crippen LogP contribution in [0.5, 0.6) is 0 Å². The van der Waals surface area contributed by atoms with Crippen LogP contribution in [0.1, 0.15) is 18.1 Å². The molecule has 1 heterocycles. The molecule has 0 amide bonds. The first-order valence-corrected chi connectivity index (χ1v) is 7.77. The smallest absolute Gasteiger partial charge is 0.326 e. The van der Waals surface area contributed by atoms with Crippen LogP contribution in [0, 0.1) is 0 Å². The number of hydrogen-bond donors (Lipinski definition) is 2. The minimum atomic E-state index is -0.307. The van der Waals surface area contributed by atoms with Crippen LogP contribution >= 0.6 is 11.6 Å². The lowest BCUT2D eigenvalue weighted by Gasteiger charge is -2.04. The number of aryl methyl sites for hydroxylation is 1. The summed E-state index contributed by atoms with van der Waals surface area (Å²) < 4.78 is 1.33. The van der Waals surface area contributed by atoms with E-state index in [0.29, 0.717) is 28.6 Å². The molecule has 23 heavy (non-hydrogen) atoms. The Hall–Kier alpha value is -2.37. The third-order valence-electron chi connectivity index (χ3n) is 3.73. The van der Waals surface area contributed by atoms with Gasteiger partial charge in [-0.2, -0.15) is 4.68 Å². The first kappa shape index (κ1) is 15.5. The molecule has 0 saturated heterocycles. The Morgan fingerprint density at radius 2 is 1.87 bits per heavy atom. The van der Waals surface area contributed by atoms with E-state index in [2.05, 4.69) is 17.0 Å². The van der Waals surface area contributed by atoms with Crippen LogP contribution < -0.4 is 11.4 Å². The molecule has 3 aromatic rings. The van der Waals surface area contributed by atoms with Gasteiger partial charge in [0, 0.05) is 12.1 Å². The number of nitrogens with one attached hydrogen (secondary N) is 1. The molecule has 118 valence electrons. The molecule has 0 aliphatic rings. The van der Waals surface area contributed by atoms with Gasteiger partial charge >= 0.3 is 5.69 Å². The van der Waals surface area contributed by atoms with Gasteiger partial charge in [-0.05, 0) is 41.8 Å². The monoisotopic (exact) mass is 328 g/mol. The summed E-state index contributed by atoms with van der Waals surface area (Å²) in [4.78, 5) is 15.0. The van der Waals surface area contributed by atoms with Crippen molar-refractivity contribution >= 4 is 11.6 Å². The Labute approximate surface area is 138 Å². The highest BCUT2D eigenvalue weighted by molar-refractivity contribution is 6.33. The molecule has 2 aromatic carbocycles. The summed E-state index contributed by atoms with van der Waals surface area (Å²) in [6.45, 7) is 2.48. The lowest BCUT2D eigenvalue weighted by molar-refractivity contribution is 0.843. The van der Waals surface area contributed by atoms with Gasteiger partial charge in [0.15, 0.2) is 5.82 Å². The predicted molar refractivity (Wildman–Crippen MR) is 91.9 cm³/mol. The number of hydrogen-bond acceptors (Lipinski definition) is 3. The average Bonchev–Trinajstić information content (AvgIpc) is 2.97. The highest BCUT2D eigenvalue weighted by Crippen LogP contribution is 2.25. The van der Waals surface area contributed by atoms with E-state index in [0.717, 1.165) is 12.0 Å². The molecule has 0 saturated carbocycles. The molecule has 1 aromatic heterocycles. The predicted octanol–water partition coefficient (Wildman–Crippen LogP) is 2.90. The molecular weight excluding hydrogens is 312 g/mol. The molecule has 6 heteroatoms. The summed E-state index contributed by atoms with van der Waals surface area (Å²) >= 11 is 6.22. The fourth-order valence-electron chi connectivity index (χ4n) is 2.37. The number of aromatic nitrogens is 3. The molecule has 0 unspecified atom stereocenters. The fourth-order valence-corrected chi connectivity index (χ4v) is 2.58. The number of rotatable bonds is 4. The summed E-state index contributed by atoms with van der Waals surface area (Å²) in [5, 5.41) is 4.88. The van der Waals surface area contributed by atoms with Crippen LogP contribution in [-0.2, 0) is 13.0 Å².